The van der Waals surface area contributed by atoms with Gasteiger partial charge >= 0.3 is 0 Å². The molecule has 2 aliphatic heterocycles. The third-order valence-electron chi connectivity index (χ3n) is 14.7. The molecule has 0 fully saturated rings. The lowest BCUT2D eigenvalue weighted by molar-refractivity contribution is -0.155. The van der Waals surface area contributed by atoms with Crippen LogP contribution in [0.4, 0.5) is 11.6 Å². The molecule has 6 aromatic rings. The Bertz CT molecular complexity index is 3010. The van der Waals surface area contributed by atoms with Crippen molar-refractivity contribution in [3.05, 3.63) is 151 Å². The van der Waals surface area contributed by atoms with Crippen LogP contribution >= 0.6 is 46.4 Å². The van der Waals surface area contributed by atoms with Gasteiger partial charge in [0.05, 0.1) is 90.7 Å². The van der Waals surface area contributed by atoms with Gasteiger partial charge in [0.2, 0.25) is 0 Å². The fourth-order valence-electron chi connectivity index (χ4n) is 10.3. The predicted octanol–water partition coefficient (Wildman–Crippen LogP) is 5.67. The van der Waals surface area contributed by atoms with E-state index in [4.69, 9.17) is 74.8 Å². The minimum Gasteiger partial charge on any atom is -0.387 e. The lowest BCUT2D eigenvalue weighted by Crippen LogP contribution is -2.54. The van der Waals surface area contributed by atoms with Crippen molar-refractivity contribution in [2.24, 2.45) is 0 Å². The summed E-state index contributed by atoms with van der Waals surface area (Å²) in [5.41, 5.74) is 10.2. The number of hydrogen-bond donors (Lipinski definition) is 8. The smallest absolute Gasteiger partial charge is 0.251 e. The van der Waals surface area contributed by atoms with Crippen LogP contribution in [-0.4, -0.2) is 219 Å². The first-order valence-corrected chi connectivity index (χ1v) is 30.5. The Morgan fingerprint density at radius 1 is 0.500 bits per heavy atom. The van der Waals surface area contributed by atoms with Crippen molar-refractivity contribution in [1.82, 2.24) is 40.4 Å². The fourth-order valence-corrected chi connectivity index (χ4v) is 11.4. The van der Waals surface area contributed by atoms with Crippen molar-refractivity contribution < 1.29 is 58.4 Å². The topological polar surface area (TPSA) is 277 Å². The Kier molecular flexibility index (Phi) is 27.1. The van der Waals surface area contributed by atoms with E-state index in [0.29, 0.717) is 84.5 Å². The van der Waals surface area contributed by atoms with Crippen LogP contribution < -0.4 is 21.3 Å². The zero-order valence-corrected chi connectivity index (χ0v) is 52.1. The van der Waals surface area contributed by atoms with Gasteiger partial charge in [-0.25, -0.2) is 19.9 Å². The number of halogens is 4. The number of nitrogens with zero attached hydrogens (tertiary/aromatic N) is 6. The van der Waals surface area contributed by atoms with E-state index >= 15 is 0 Å². The van der Waals surface area contributed by atoms with Crippen LogP contribution in [0.1, 0.15) is 45.2 Å². The Labute approximate surface area is 532 Å². The van der Waals surface area contributed by atoms with Crippen molar-refractivity contribution >= 4 is 69.9 Å². The highest BCUT2D eigenvalue weighted by atomic mass is 35.5. The Morgan fingerprint density at radius 3 is 1.25 bits per heavy atom. The molecule has 0 aliphatic carbocycles. The van der Waals surface area contributed by atoms with Gasteiger partial charge in [0.25, 0.3) is 11.8 Å². The van der Waals surface area contributed by atoms with Crippen molar-refractivity contribution in [2.75, 3.05) is 143 Å². The van der Waals surface area contributed by atoms with Gasteiger partial charge in [-0.15, -0.1) is 0 Å². The number of likely N-dealkylation sites (N-methyl/N-ethyl adjacent to an activating group) is 2. The molecule has 2 aliphatic rings. The number of fused-ring (bicyclic) bond motifs is 2. The van der Waals surface area contributed by atoms with E-state index in [-0.39, 0.29) is 64.6 Å². The first kappa shape index (κ1) is 68.2. The summed E-state index contributed by atoms with van der Waals surface area (Å²) in [6, 6.07) is 28.1. The average Bonchev–Trinajstić information content (AvgIpc) is 2.38. The molecule has 8 N–H and O–H groups in total. The molecule has 0 saturated carbocycles. The molecule has 474 valence electrons. The van der Waals surface area contributed by atoms with Crippen LogP contribution in [0.2, 0.25) is 20.1 Å². The first-order valence-electron chi connectivity index (χ1n) is 29.0. The van der Waals surface area contributed by atoms with Gasteiger partial charge in [-0.05, 0) is 83.9 Å². The summed E-state index contributed by atoms with van der Waals surface area (Å²) in [7, 11) is 4.17. The normalized spacial score (nSPS) is 16.5. The minimum absolute atomic E-state index is 0.0392. The highest BCUT2D eigenvalue weighted by molar-refractivity contribution is 6.35. The van der Waals surface area contributed by atoms with Crippen LogP contribution in [0.25, 0.3) is 22.5 Å². The molecule has 4 aromatic carbocycles. The van der Waals surface area contributed by atoms with E-state index in [1.165, 1.54) is 12.7 Å². The summed E-state index contributed by atoms with van der Waals surface area (Å²) in [5, 5.41) is 55.2. The number of benzene rings is 4. The highest BCUT2D eigenvalue weighted by Gasteiger charge is 2.37. The number of nitrogens with one attached hydrogen (secondary N) is 4. The van der Waals surface area contributed by atoms with E-state index in [9.17, 15) is 30.0 Å². The maximum absolute atomic E-state index is 12.4. The van der Waals surface area contributed by atoms with E-state index in [1.807, 2.05) is 48.5 Å². The number of carbonyl (C=O) groups is 2. The van der Waals surface area contributed by atoms with Crippen LogP contribution in [0.5, 0.6) is 0 Å². The largest absolute Gasteiger partial charge is 0.387 e. The number of hydrogen-bond acceptors (Lipinski definition) is 20. The molecule has 0 spiro atoms. The Morgan fingerprint density at radius 2 is 0.864 bits per heavy atom. The zero-order chi connectivity index (χ0) is 62.4. The van der Waals surface area contributed by atoms with Gasteiger partial charge in [0.1, 0.15) is 36.5 Å². The summed E-state index contributed by atoms with van der Waals surface area (Å²) < 4.78 is 33.4. The monoisotopic (exact) mass is 1290 g/mol. The maximum Gasteiger partial charge on any atom is 0.251 e. The van der Waals surface area contributed by atoms with Crippen LogP contribution in [0.15, 0.2) is 97.6 Å². The third kappa shape index (κ3) is 20.1. The summed E-state index contributed by atoms with van der Waals surface area (Å²) in [4.78, 5) is 47.2. The molecule has 0 bridgehead atoms. The van der Waals surface area contributed by atoms with Gasteiger partial charge < -0.3 is 79.9 Å². The van der Waals surface area contributed by atoms with E-state index in [1.54, 1.807) is 12.1 Å². The van der Waals surface area contributed by atoms with Crippen molar-refractivity contribution in [3.63, 3.8) is 0 Å². The molecule has 8 rings (SSSR count). The summed E-state index contributed by atoms with van der Waals surface area (Å²) in [5.74, 6) is -0.556. The van der Waals surface area contributed by atoms with Crippen LogP contribution in [0.3, 0.4) is 0 Å². The molecule has 0 saturated heterocycles. The van der Waals surface area contributed by atoms with E-state index in [2.05, 4.69) is 89.4 Å². The number of amides is 2. The Hall–Kier alpha value is -5.74. The second-order valence-electron chi connectivity index (χ2n) is 21.2. The first-order chi connectivity index (χ1) is 42.6. The van der Waals surface area contributed by atoms with Crippen molar-refractivity contribution in [3.8, 4) is 22.5 Å². The number of aromatic nitrogens is 4. The number of ether oxygens (including phenoxy) is 6. The highest BCUT2D eigenvalue weighted by Crippen LogP contribution is 2.41. The van der Waals surface area contributed by atoms with E-state index < -0.39 is 36.2 Å². The van der Waals surface area contributed by atoms with Gasteiger partial charge in [-0.3, -0.25) is 9.59 Å². The second-order valence-corrected chi connectivity index (χ2v) is 22.9. The Balaban J connectivity index is 0.594. The molecular formula is C62H76Cl4N10O12. The number of aliphatic hydroxyl groups is 4. The average molecular weight is 1300 g/mol. The standard InChI is InChI=1S/C62H76Cl4N10O12/c1-75-33-47(45-27-43(63)29-51(65)49(45)35-75)39-5-3-7-41(25-39)53-31-55(73-37-71-53)67-9-13-83-17-21-87-23-19-85-15-11-69-61(81)59(79)57(77)58(78)60(80)62(82)70-12-16-86-20-24-88-22-18-84-14-10-68-56-32-54(72-38-74-56)42-8-4-6-40(26-42)48-34-76(2)36-50-46(48)28-44(64)30-52(50)66/h3-8,25-32,37-38,47-48,57-60,77-80H,9-24,33-36H2,1-2H3,(H,69,81)(H,70,82)(H,67,71,73)(H,68,72,74)/t47-,48-,57-,58+,59+,60-/m0/s1. The van der Waals surface area contributed by atoms with Gasteiger partial charge in [0.15, 0.2) is 12.2 Å². The number of anilines is 2. The van der Waals surface area contributed by atoms with Gasteiger partial charge in [-0.1, -0.05) is 82.8 Å². The molecule has 6 atom stereocenters. The summed E-state index contributed by atoms with van der Waals surface area (Å²) >= 11 is 26.1. The van der Waals surface area contributed by atoms with Gasteiger partial charge in [0, 0.05) is 108 Å². The summed E-state index contributed by atoms with van der Waals surface area (Å²) in [6.45, 7) is 7.31. The number of aliphatic hydroxyl groups excluding tert-OH is 4. The lowest BCUT2D eigenvalue weighted by Gasteiger charge is -2.33. The van der Waals surface area contributed by atoms with Crippen LogP contribution in [-0.2, 0) is 51.1 Å². The number of carbonyl (C=O) groups excluding carboxylic acids is 2. The molecule has 26 heteroatoms. The quantitative estimate of drug-likeness (QED) is 0.0223. The molecule has 0 radical (unpaired) electrons. The summed E-state index contributed by atoms with van der Waals surface area (Å²) in [6.07, 6.45) is -5.60. The molecule has 2 aromatic heterocycles. The van der Waals surface area contributed by atoms with Crippen molar-refractivity contribution in [2.45, 2.75) is 49.3 Å². The number of rotatable bonds is 35. The minimum atomic E-state index is -2.18. The van der Waals surface area contributed by atoms with Crippen molar-refractivity contribution in [1.29, 1.82) is 0 Å². The zero-order valence-electron chi connectivity index (χ0n) is 49.1. The molecule has 0 unspecified atom stereocenters. The van der Waals surface area contributed by atoms with Gasteiger partial charge in [-0.2, -0.15) is 0 Å². The predicted molar refractivity (Wildman–Crippen MR) is 336 cm³/mol. The molecule has 22 nitrogen and oxygen atoms in total. The molecular weight excluding hydrogens is 1220 g/mol. The van der Waals surface area contributed by atoms with Crippen LogP contribution in [0, 0.1) is 0 Å². The molecule has 2 amide bonds. The lowest BCUT2D eigenvalue weighted by atomic mass is 9.84. The third-order valence-corrected chi connectivity index (χ3v) is 15.8. The second kappa shape index (κ2) is 35.0. The molecule has 88 heavy (non-hydrogen) atoms. The maximum atomic E-state index is 12.4. The SMILES string of the molecule is CN1Cc2c(Cl)cc(Cl)cc2[C@H](c2cccc(-c3cc(NCCOCCOCCOCCNC(=O)[C@@H](O)[C@H](O)[C@H](O)[C@@H](O)C(=O)NCCOCCOCCOCCNc4cc(-c5cccc([C@@H]6CN(C)Cc7c(Cl)cc(Cl)cc76)c5)ncn4)ncn3)c2)C1. The van der Waals surface area contributed by atoms with E-state index in [0.717, 1.165) is 82.1 Å². The fraction of sp³-hybridized carbons (Fsp3) is 0.452. The molecule has 4 heterocycles.